The van der Waals surface area contributed by atoms with Gasteiger partial charge in [-0.2, -0.15) is 0 Å². The molecule has 8 heteroatoms. The third-order valence-electron chi connectivity index (χ3n) is 7.12. The summed E-state index contributed by atoms with van der Waals surface area (Å²) < 4.78 is 2.29. The highest BCUT2D eigenvalue weighted by Crippen LogP contribution is 2.24. The maximum absolute atomic E-state index is 13.2. The van der Waals surface area contributed by atoms with E-state index in [1.165, 1.54) is 43.7 Å². The van der Waals surface area contributed by atoms with Crippen LogP contribution in [-0.4, -0.2) is 64.0 Å². The first-order valence-electron chi connectivity index (χ1n) is 12.0. The molecule has 33 heavy (non-hydrogen) atoms. The molecule has 1 saturated carbocycles. The number of benzene rings is 1. The van der Waals surface area contributed by atoms with Gasteiger partial charge in [0.25, 0.3) is 5.56 Å². The number of hydrogen-bond acceptors (Lipinski definition) is 6. The molecule has 4 rings (SSSR count). The molecule has 2 fully saturated rings. The zero-order valence-corrected chi connectivity index (χ0v) is 19.5. The number of carbonyl (C=O) groups is 1. The fraction of sp³-hybridized carbons (Fsp3) is 0.560. The van der Waals surface area contributed by atoms with E-state index < -0.39 is 11.2 Å². The van der Waals surface area contributed by atoms with Crippen molar-refractivity contribution in [2.24, 2.45) is 13.0 Å². The maximum atomic E-state index is 13.2. The molecule has 1 aromatic heterocycles. The van der Waals surface area contributed by atoms with Gasteiger partial charge >= 0.3 is 5.69 Å². The lowest BCUT2D eigenvalue weighted by Crippen LogP contribution is -2.50. The fourth-order valence-electron chi connectivity index (χ4n) is 5.11. The van der Waals surface area contributed by atoms with Crippen molar-refractivity contribution in [3.63, 3.8) is 0 Å². The van der Waals surface area contributed by atoms with Crippen LogP contribution in [0.4, 0.5) is 5.82 Å². The fourth-order valence-corrected chi connectivity index (χ4v) is 5.11. The van der Waals surface area contributed by atoms with E-state index in [1.807, 2.05) is 30.3 Å². The van der Waals surface area contributed by atoms with Gasteiger partial charge in [-0.3, -0.25) is 23.6 Å². The molecule has 0 unspecified atom stereocenters. The van der Waals surface area contributed by atoms with Crippen molar-refractivity contribution in [2.75, 3.05) is 45.0 Å². The monoisotopic (exact) mass is 453 g/mol. The average molecular weight is 454 g/mol. The molecule has 2 N–H and O–H groups in total. The average Bonchev–Trinajstić information content (AvgIpc) is 2.83. The molecule has 178 valence electrons. The first kappa shape index (κ1) is 23.4. The summed E-state index contributed by atoms with van der Waals surface area (Å²) in [5.41, 5.74) is 5.88. The van der Waals surface area contributed by atoms with Crippen molar-refractivity contribution in [1.29, 1.82) is 0 Å². The molecule has 0 atom stereocenters. The van der Waals surface area contributed by atoms with E-state index in [9.17, 15) is 14.4 Å². The van der Waals surface area contributed by atoms with Gasteiger partial charge in [-0.05, 0) is 24.3 Å². The quantitative estimate of drug-likeness (QED) is 0.640. The number of nitrogens with zero attached hydrogens (tertiary/aromatic N) is 4. The van der Waals surface area contributed by atoms with Crippen LogP contribution in [0, 0.1) is 5.92 Å². The lowest BCUT2D eigenvalue weighted by Gasteiger charge is -2.37. The molecule has 1 aromatic carbocycles. The maximum Gasteiger partial charge on any atom is 0.332 e. The number of aromatic nitrogens is 2. The van der Waals surface area contributed by atoms with Crippen LogP contribution in [0.5, 0.6) is 0 Å². The van der Waals surface area contributed by atoms with E-state index in [0.29, 0.717) is 0 Å². The van der Waals surface area contributed by atoms with Crippen molar-refractivity contribution in [3.05, 3.63) is 62.3 Å². The Morgan fingerprint density at radius 2 is 1.61 bits per heavy atom. The molecule has 2 aromatic rings. The molecule has 1 aliphatic carbocycles. The summed E-state index contributed by atoms with van der Waals surface area (Å²) >= 11 is 0. The lowest BCUT2D eigenvalue weighted by molar-refractivity contribution is 0.0813. The van der Waals surface area contributed by atoms with E-state index in [4.69, 9.17) is 5.73 Å². The summed E-state index contributed by atoms with van der Waals surface area (Å²) in [5, 5.41) is 0. The summed E-state index contributed by atoms with van der Waals surface area (Å²) in [6.45, 7) is 4.96. The van der Waals surface area contributed by atoms with Gasteiger partial charge in [0, 0.05) is 39.8 Å². The summed E-state index contributed by atoms with van der Waals surface area (Å²) in [4.78, 5) is 43.2. The number of piperazine rings is 1. The number of rotatable bonds is 7. The van der Waals surface area contributed by atoms with Crippen LogP contribution in [0.1, 0.15) is 48.0 Å². The van der Waals surface area contributed by atoms with E-state index >= 15 is 0 Å². The second-order valence-electron chi connectivity index (χ2n) is 9.48. The Morgan fingerprint density at radius 3 is 2.27 bits per heavy atom. The number of Topliss-reactive ketones (excluding diaryl/α,β-unsaturated/α-hetero) is 1. The Bertz CT molecular complexity index is 1080. The summed E-state index contributed by atoms with van der Waals surface area (Å²) in [7, 11) is 1.40. The Kier molecular flexibility index (Phi) is 7.45. The van der Waals surface area contributed by atoms with Crippen molar-refractivity contribution in [3.8, 4) is 0 Å². The molecule has 0 amide bonds. The third kappa shape index (κ3) is 5.45. The number of anilines is 1. The minimum absolute atomic E-state index is 0.0483. The summed E-state index contributed by atoms with van der Waals surface area (Å²) in [6, 6.07) is 9.40. The van der Waals surface area contributed by atoms with Gasteiger partial charge in [-0.15, -0.1) is 0 Å². The molecule has 0 radical (unpaired) electrons. The molecule has 1 aliphatic heterocycles. The SMILES string of the molecule is Cn1c(=O)c(C(=O)CN2CCN(CC3CCCCC3)CC2)c(N)n(Cc2ccccc2)c1=O. The van der Waals surface area contributed by atoms with Gasteiger partial charge in [0.05, 0.1) is 13.1 Å². The van der Waals surface area contributed by atoms with Crippen molar-refractivity contribution in [2.45, 2.75) is 38.6 Å². The van der Waals surface area contributed by atoms with Crippen LogP contribution in [-0.2, 0) is 13.6 Å². The summed E-state index contributed by atoms with van der Waals surface area (Å²) in [6.07, 6.45) is 6.73. The highest BCUT2D eigenvalue weighted by Gasteiger charge is 2.26. The second-order valence-corrected chi connectivity index (χ2v) is 9.48. The van der Waals surface area contributed by atoms with E-state index in [0.717, 1.165) is 48.8 Å². The number of hydrogen-bond donors (Lipinski definition) is 1. The minimum Gasteiger partial charge on any atom is -0.384 e. The normalized spacial score (nSPS) is 18.5. The van der Waals surface area contributed by atoms with Crippen LogP contribution in [0.25, 0.3) is 0 Å². The number of carbonyl (C=O) groups excluding carboxylic acids is 1. The Balaban J connectivity index is 1.44. The molecule has 2 heterocycles. The van der Waals surface area contributed by atoms with E-state index in [2.05, 4.69) is 9.80 Å². The van der Waals surface area contributed by atoms with Crippen LogP contribution >= 0.6 is 0 Å². The second kappa shape index (κ2) is 10.5. The van der Waals surface area contributed by atoms with Crippen molar-refractivity contribution >= 4 is 11.6 Å². The van der Waals surface area contributed by atoms with Gasteiger partial charge in [0.1, 0.15) is 11.4 Å². The molecule has 2 aliphatic rings. The predicted molar refractivity (Wildman–Crippen MR) is 130 cm³/mol. The number of nitrogens with two attached hydrogens (primary N) is 1. The molecular formula is C25H35N5O3. The van der Waals surface area contributed by atoms with Gasteiger partial charge in [-0.1, -0.05) is 49.6 Å². The van der Waals surface area contributed by atoms with Crippen LogP contribution < -0.4 is 17.0 Å². The molecule has 0 spiro atoms. The van der Waals surface area contributed by atoms with E-state index in [1.54, 1.807) is 0 Å². The van der Waals surface area contributed by atoms with Gasteiger partial charge in [0.2, 0.25) is 0 Å². The standard InChI is InChI=1S/C25H35N5O3/c1-27-24(32)22(23(26)30(25(27)33)17-20-10-6-3-7-11-20)21(31)18-29-14-12-28(13-15-29)16-19-8-4-2-5-9-19/h3,6-7,10-11,19H,2,4-5,8-9,12-18,26H2,1H3. The van der Waals surface area contributed by atoms with Crippen molar-refractivity contribution in [1.82, 2.24) is 18.9 Å². The van der Waals surface area contributed by atoms with Crippen LogP contribution in [0.2, 0.25) is 0 Å². The van der Waals surface area contributed by atoms with Gasteiger partial charge in [-0.25, -0.2) is 4.79 Å². The smallest absolute Gasteiger partial charge is 0.332 e. The first-order chi connectivity index (χ1) is 15.9. The Hall–Kier alpha value is -2.71. The zero-order chi connectivity index (χ0) is 23.4. The Morgan fingerprint density at radius 1 is 0.970 bits per heavy atom. The number of nitrogen functional groups attached to an aromatic ring is 1. The first-order valence-corrected chi connectivity index (χ1v) is 12.0. The minimum atomic E-state index is -0.622. The molecule has 0 bridgehead atoms. The van der Waals surface area contributed by atoms with Crippen molar-refractivity contribution < 1.29 is 4.79 Å². The van der Waals surface area contributed by atoms with E-state index in [-0.39, 0.29) is 30.3 Å². The Labute approximate surface area is 194 Å². The topological polar surface area (TPSA) is 93.6 Å². The third-order valence-corrected chi connectivity index (χ3v) is 7.12. The number of ketones is 1. The zero-order valence-electron chi connectivity index (χ0n) is 19.5. The summed E-state index contributed by atoms with van der Waals surface area (Å²) in [5.74, 6) is 0.434. The molecule has 8 nitrogen and oxygen atoms in total. The van der Waals surface area contributed by atoms with Crippen LogP contribution in [0.15, 0.2) is 39.9 Å². The predicted octanol–water partition coefficient (Wildman–Crippen LogP) is 1.56. The lowest BCUT2D eigenvalue weighted by atomic mass is 9.89. The molecule has 1 saturated heterocycles. The van der Waals surface area contributed by atoms with Gasteiger partial charge < -0.3 is 10.6 Å². The van der Waals surface area contributed by atoms with Crippen LogP contribution in [0.3, 0.4) is 0 Å². The van der Waals surface area contributed by atoms with Gasteiger partial charge in [0.15, 0.2) is 5.78 Å². The molecular weight excluding hydrogens is 418 g/mol. The highest BCUT2D eigenvalue weighted by molar-refractivity contribution is 6.01. The largest absolute Gasteiger partial charge is 0.384 e. The highest BCUT2D eigenvalue weighted by atomic mass is 16.2.